The third kappa shape index (κ3) is 3.96. The molecule has 2 aromatic heterocycles. The highest BCUT2D eigenvalue weighted by Gasteiger charge is 2.22. The van der Waals surface area contributed by atoms with Crippen molar-refractivity contribution < 1.29 is 9.18 Å². The van der Waals surface area contributed by atoms with E-state index in [0.717, 1.165) is 65.2 Å². The molecule has 4 aromatic rings. The van der Waals surface area contributed by atoms with Gasteiger partial charge in [-0.15, -0.1) is 0 Å². The molecule has 34 heavy (non-hydrogen) atoms. The molecule has 8 heteroatoms. The van der Waals surface area contributed by atoms with Crippen molar-refractivity contribution in [1.29, 1.82) is 0 Å². The third-order valence-electron chi connectivity index (χ3n) is 6.35. The summed E-state index contributed by atoms with van der Waals surface area (Å²) in [6.07, 6.45) is 2.98. The van der Waals surface area contributed by atoms with Crippen LogP contribution in [-0.4, -0.2) is 34.0 Å². The molecule has 1 aliphatic rings. The Kier molecular flexibility index (Phi) is 5.65. The van der Waals surface area contributed by atoms with E-state index in [0.29, 0.717) is 18.1 Å². The van der Waals surface area contributed by atoms with Gasteiger partial charge in [0.2, 0.25) is 11.9 Å². The Morgan fingerprint density at radius 3 is 2.76 bits per heavy atom. The number of nitrogens with two attached hydrogens (primary N) is 1. The van der Waals surface area contributed by atoms with E-state index in [1.807, 2.05) is 42.8 Å². The van der Waals surface area contributed by atoms with Crippen LogP contribution < -0.4 is 16.0 Å². The molecule has 7 nitrogen and oxygen atoms in total. The predicted molar refractivity (Wildman–Crippen MR) is 132 cm³/mol. The fourth-order valence-electron chi connectivity index (χ4n) is 4.69. The van der Waals surface area contributed by atoms with E-state index in [1.165, 1.54) is 12.1 Å². The van der Waals surface area contributed by atoms with Gasteiger partial charge < -0.3 is 16.0 Å². The fourth-order valence-corrected chi connectivity index (χ4v) is 4.69. The standard InChI is InChI=1S/C26H27FN6O/c1-16-13-21-19(23(28)34)10-6-11-22(21)33(16)26-30-24(29-15-17-7-5-8-18(27)14-17)20-9-3-4-12-32(2)25(20)31-26/h5-8,10-11,13-14H,3-4,9,12,15H2,1-2H3,(H2,28,34)(H,29,30,31). The number of primary amides is 1. The SMILES string of the molecule is Cc1cc2c(C(N)=O)cccc2n1-c1nc(NCc2cccc(F)c2)c2c(n1)N(C)CCCC2. The van der Waals surface area contributed by atoms with Gasteiger partial charge in [0.25, 0.3) is 0 Å². The maximum absolute atomic E-state index is 13.7. The molecule has 5 rings (SSSR count). The number of benzene rings is 2. The Morgan fingerprint density at radius 2 is 1.97 bits per heavy atom. The summed E-state index contributed by atoms with van der Waals surface area (Å²) < 4.78 is 15.7. The zero-order valence-corrected chi connectivity index (χ0v) is 19.3. The number of aromatic nitrogens is 3. The zero-order valence-electron chi connectivity index (χ0n) is 19.3. The molecule has 0 aliphatic carbocycles. The quantitative estimate of drug-likeness (QED) is 0.464. The molecule has 0 fully saturated rings. The van der Waals surface area contributed by atoms with Crippen LogP contribution in [0.2, 0.25) is 0 Å². The summed E-state index contributed by atoms with van der Waals surface area (Å²) in [5, 5.41) is 4.20. The van der Waals surface area contributed by atoms with Crippen molar-refractivity contribution in [3.8, 4) is 5.95 Å². The lowest BCUT2D eigenvalue weighted by Crippen LogP contribution is -2.21. The highest BCUT2D eigenvalue weighted by atomic mass is 19.1. The van der Waals surface area contributed by atoms with Crippen LogP contribution in [0.5, 0.6) is 0 Å². The zero-order chi connectivity index (χ0) is 23.8. The molecular weight excluding hydrogens is 431 g/mol. The topological polar surface area (TPSA) is 89.1 Å². The molecule has 0 bridgehead atoms. The molecule has 174 valence electrons. The second kappa shape index (κ2) is 8.78. The molecule has 0 saturated carbocycles. The van der Waals surface area contributed by atoms with Gasteiger partial charge in [-0.3, -0.25) is 9.36 Å². The van der Waals surface area contributed by atoms with Crippen LogP contribution in [0.4, 0.5) is 16.0 Å². The number of nitrogens with zero attached hydrogens (tertiary/aromatic N) is 4. The molecule has 0 saturated heterocycles. The molecule has 0 spiro atoms. The van der Waals surface area contributed by atoms with Gasteiger partial charge in [0.05, 0.1) is 5.52 Å². The summed E-state index contributed by atoms with van der Waals surface area (Å²) >= 11 is 0. The molecule has 0 unspecified atom stereocenters. The van der Waals surface area contributed by atoms with Crippen molar-refractivity contribution in [2.45, 2.75) is 32.7 Å². The molecule has 3 heterocycles. The summed E-state index contributed by atoms with van der Waals surface area (Å²) in [5.74, 6) is 1.41. The van der Waals surface area contributed by atoms with Gasteiger partial charge >= 0.3 is 0 Å². The molecule has 0 radical (unpaired) electrons. The lowest BCUT2D eigenvalue weighted by Gasteiger charge is -2.22. The minimum atomic E-state index is -0.470. The summed E-state index contributed by atoms with van der Waals surface area (Å²) in [7, 11) is 2.04. The van der Waals surface area contributed by atoms with Crippen LogP contribution in [0.3, 0.4) is 0 Å². The van der Waals surface area contributed by atoms with Crippen molar-refractivity contribution in [2.75, 3.05) is 23.8 Å². The van der Waals surface area contributed by atoms with Crippen molar-refractivity contribution >= 4 is 28.4 Å². The number of carbonyl (C=O) groups is 1. The number of aryl methyl sites for hydroxylation is 1. The fraction of sp³-hybridized carbons (Fsp3) is 0.269. The van der Waals surface area contributed by atoms with Crippen LogP contribution in [0.1, 0.15) is 40.0 Å². The monoisotopic (exact) mass is 458 g/mol. The number of fused-ring (bicyclic) bond motifs is 2. The second-order valence-corrected chi connectivity index (χ2v) is 8.76. The minimum absolute atomic E-state index is 0.263. The number of carbonyl (C=O) groups excluding carboxylic acids is 1. The maximum atomic E-state index is 13.7. The summed E-state index contributed by atoms with van der Waals surface area (Å²) in [6.45, 7) is 3.31. The van der Waals surface area contributed by atoms with E-state index in [2.05, 4.69) is 10.2 Å². The molecule has 1 aliphatic heterocycles. The molecule has 2 aromatic carbocycles. The smallest absolute Gasteiger partial charge is 0.249 e. The Morgan fingerprint density at radius 1 is 1.15 bits per heavy atom. The molecule has 1 amide bonds. The van der Waals surface area contributed by atoms with Crippen molar-refractivity contribution in [3.63, 3.8) is 0 Å². The number of halogens is 1. The Hall–Kier alpha value is -3.94. The highest BCUT2D eigenvalue weighted by Crippen LogP contribution is 2.32. The Labute approximate surface area is 197 Å². The van der Waals surface area contributed by atoms with E-state index in [9.17, 15) is 9.18 Å². The third-order valence-corrected chi connectivity index (χ3v) is 6.35. The lowest BCUT2D eigenvalue weighted by atomic mass is 10.1. The number of nitrogens with one attached hydrogen (secondary N) is 1. The first-order valence-electron chi connectivity index (χ1n) is 11.4. The van der Waals surface area contributed by atoms with Crippen LogP contribution in [0, 0.1) is 12.7 Å². The summed E-state index contributed by atoms with van der Waals surface area (Å²) in [5.41, 5.74) is 9.70. The molecule has 3 N–H and O–H groups in total. The first-order valence-corrected chi connectivity index (χ1v) is 11.4. The number of amides is 1. The normalized spacial score (nSPS) is 13.6. The Bertz CT molecular complexity index is 1400. The van der Waals surface area contributed by atoms with Crippen LogP contribution >= 0.6 is 0 Å². The lowest BCUT2D eigenvalue weighted by molar-refractivity contribution is 0.100. The first kappa shape index (κ1) is 21.9. The molecular formula is C26H27FN6O. The van der Waals surface area contributed by atoms with Gasteiger partial charge in [-0.1, -0.05) is 18.2 Å². The van der Waals surface area contributed by atoms with Gasteiger partial charge in [0.1, 0.15) is 17.5 Å². The van der Waals surface area contributed by atoms with E-state index < -0.39 is 5.91 Å². The number of hydrogen-bond donors (Lipinski definition) is 2. The Balaban J connectivity index is 1.65. The average Bonchev–Trinajstić information content (AvgIpc) is 3.04. The van der Waals surface area contributed by atoms with E-state index in [1.54, 1.807) is 12.1 Å². The first-order chi connectivity index (χ1) is 16.4. The van der Waals surface area contributed by atoms with E-state index in [-0.39, 0.29) is 5.82 Å². The largest absolute Gasteiger partial charge is 0.366 e. The minimum Gasteiger partial charge on any atom is -0.366 e. The van der Waals surface area contributed by atoms with Gasteiger partial charge in [0.15, 0.2) is 0 Å². The van der Waals surface area contributed by atoms with Crippen molar-refractivity contribution in [2.24, 2.45) is 5.73 Å². The van der Waals surface area contributed by atoms with Crippen LogP contribution in [0.15, 0.2) is 48.5 Å². The number of rotatable bonds is 5. The number of anilines is 2. The summed E-state index contributed by atoms with van der Waals surface area (Å²) in [4.78, 5) is 24.0. The predicted octanol–water partition coefficient (Wildman–Crippen LogP) is 4.35. The number of hydrogen-bond acceptors (Lipinski definition) is 5. The van der Waals surface area contributed by atoms with Crippen LogP contribution in [-0.2, 0) is 13.0 Å². The van der Waals surface area contributed by atoms with Crippen LogP contribution in [0.25, 0.3) is 16.9 Å². The molecule has 0 atom stereocenters. The van der Waals surface area contributed by atoms with E-state index in [4.69, 9.17) is 15.7 Å². The van der Waals surface area contributed by atoms with Gasteiger partial charge in [-0.25, -0.2) is 4.39 Å². The van der Waals surface area contributed by atoms with Crippen molar-refractivity contribution in [1.82, 2.24) is 14.5 Å². The highest BCUT2D eigenvalue weighted by molar-refractivity contribution is 6.06. The van der Waals surface area contributed by atoms with Gasteiger partial charge in [0, 0.05) is 42.3 Å². The second-order valence-electron chi connectivity index (χ2n) is 8.76. The average molecular weight is 459 g/mol. The maximum Gasteiger partial charge on any atom is 0.249 e. The van der Waals surface area contributed by atoms with Gasteiger partial charge in [-0.2, -0.15) is 9.97 Å². The summed E-state index contributed by atoms with van der Waals surface area (Å²) in [6, 6.07) is 14.0. The van der Waals surface area contributed by atoms with Gasteiger partial charge in [-0.05, 0) is 62.1 Å². The van der Waals surface area contributed by atoms with E-state index >= 15 is 0 Å². The van der Waals surface area contributed by atoms with Crippen molar-refractivity contribution in [3.05, 3.63) is 76.7 Å².